The first-order chi connectivity index (χ1) is 17.0. The number of ether oxygens (including phenoxy) is 1. The number of carbonyl (C=O) groups is 3. The zero-order chi connectivity index (χ0) is 24.4. The molecule has 2 unspecified atom stereocenters. The Morgan fingerprint density at radius 2 is 1.71 bits per heavy atom. The van der Waals surface area contributed by atoms with Gasteiger partial charge in [-0.25, -0.2) is 4.79 Å². The second-order valence-electron chi connectivity index (χ2n) is 8.99. The average molecular weight is 475 g/mol. The van der Waals surface area contributed by atoms with Crippen LogP contribution in [0, 0.1) is 5.92 Å². The number of aromatic amines is 1. The number of carbonyl (C=O) groups excluding carboxylic acids is 2. The number of hydrogen-bond acceptors (Lipinski definition) is 5. The van der Waals surface area contributed by atoms with Gasteiger partial charge in [-0.2, -0.15) is 5.10 Å². The molecule has 4 N–H and O–H groups in total. The Balaban J connectivity index is 1.17. The van der Waals surface area contributed by atoms with Crippen molar-refractivity contribution in [3.05, 3.63) is 71.4 Å². The third-order valence-corrected chi connectivity index (χ3v) is 6.81. The van der Waals surface area contributed by atoms with E-state index in [-0.39, 0.29) is 48.3 Å². The third-order valence-electron chi connectivity index (χ3n) is 6.81. The van der Waals surface area contributed by atoms with Gasteiger partial charge in [0.15, 0.2) is 5.82 Å². The van der Waals surface area contributed by atoms with E-state index in [4.69, 9.17) is 9.84 Å². The number of fused-ring (bicyclic) bond motifs is 3. The van der Waals surface area contributed by atoms with Crippen LogP contribution in [0.15, 0.2) is 54.6 Å². The molecule has 9 heteroatoms. The molecule has 5 rings (SSSR count). The van der Waals surface area contributed by atoms with E-state index in [1.54, 1.807) is 0 Å². The summed E-state index contributed by atoms with van der Waals surface area (Å²) in [4.78, 5) is 36.1. The van der Waals surface area contributed by atoms with Crippen LogP contribution in [0.2, 0.25) is 0 Å². The smallest absolute Gasteiger partial charge is 0.412 e. The lowest BCUT2D eigenvalue weighted by atomic mass is 9.98. The third kappa shape index (κ3) is 4.75. The van der Waals surface area contributed by atoms with Crippen LogP contribution >= 0.6 is 0 Å². The van der Waals surface area contributed by atoms with Gasteiger partial charge in [0, 0.05) is 18.0 Å². The van der Waals surface area contributed by atoms with Gasteiger partial charge in [0.2, 0.25) is 0 Å². The van der Waals surface area contributed by atoms with Gasteiger partial charge in [0.05, 0.1) is 6.42 Å². The molecular formula is C26H26N4O5. The Kier molecular flexibility index (Phi) is 6.22. The molecule has 2 aromatic carbocycles. The molecular weight excluding hydrogens is 448 g/mol. The molecule has 2 amide bonds. The highest BCUT2D eigenvalue weighted by Gasteiger charge is 2.31. The molecule has 9 nitrogen and oxygen atoms in total. The number of rotatable bonds is 7. The van der Waals surface area contributed by atoms with Gasteiger partial charge in [-0.15, -0.1) is 0 Å². The zero-order valence-corrected chi connectivity index (χ0v) is 19.0. The fourth-order valence-electron chi connectivity index (χ4n) is 5.18. The van der Waals surface area contributed by atoms with Crippen LogP contribution in [0.1, 0.15) is 53.2 Å². The van der Waals surface area contributed by atoms with E-state index in [0.29, 0.717) is 0 Å². The molecule has 0 radical (unpaired) electrons. The minimum absolute atomic E-state index is 0.0303. The second-order valence-corrected chi connectivity index (χ2v) is 8.99. The first-order valence-electron chi connectivity index (χ1n) is 11.7. The second kappa shape index (κ2) is 9.61. The van der Waals surface area contributed by atoms with Gasteiger partial charge in [-0.1, -0.05) is 55.0 Å². The van der Waals surface area contributed by atoms with Crippen LogP contribution in [0.5, 0.6) is 0 Å². The molecule has 1 aromatic heterocycles. The van der Waals surface area contributed by atoms with Gasteiger partial charge >= 0.3 is 12.1 Å². The van der Waals surface area contributed by atoms with Gasteiger partial charge in [-0.3, -0.25) is 20.0 Å². The van der Waals surface area contributed by atoms with Gasteiger partial charge in [-0.05, 0) is 41.0 Å². The van der Waals surface area contributed by atoms with Crippen molar-refractivity contribution in [2.24, 2.45) is 5.92 Å². The summed E-state index contributed by atoms with van der Waals surface area (Å²) in [6.07, 6.45) is 1.75. The van der Waals surface area contributed by atoms with Crippen LogP contribution < -0.4 is 10.6 Å². The van der Waals surface area contributed by atoms with Crippen LogP contribution in [0.3, 0.4) is 0 Å². The Morgan fingerprint density at radius 1 is 1.03 bits per heavy atom. The molecule has 2 aliphatic carbocycles. The van der Waals surface area contributed by atoms with Gasteiger partial charge in [0.1, 0.15) is 12.3 Å². The molecule has 3 aromatic rings. The summed E-state index contributed by atoms with van der Waals surface area (Å²) in [5.41, 5.74) is 4.71. The van der Waals surface area contributed by atoms with E-state index in [2.05, 4.69) is 33.0 Å². The number of nitrogens with zero attached hydrogens (tertiary/aromatic N) is 1. The molecule has 0 saturated heterocycles. The lowest BCUT2D eigenvalue weighted by molar-refractivity contribution is -0.138. The highest BCUT2D eigenvalue weighted by molar-refractivity contribution is 5.94. The van der Waals surface area contributed by atoms with E-state index < -0.39 is 12.1 Å². The maximum atomic E-state index is 12.6. The number of carboxylic acid groups (broad SMARTS) is 1. The summed E-state index contributed by atoms with van der Waals surface area (Å²) in [7, 11) is 0. The van der Waals surface area contributed by atoms with Crippen molar-refractivity contribution in [3.8, 4) is 11.1 Å². The number of hydrogen-bond donors (Lipinski definition) is 4. The predicted octanol–water partition coefficient (Wildman–Crippen LogP) is 4.14. The number of carboxylic acids is 1. The lowest BCUT2D eigenvalue weighted by Crippen LogP contribution is -2.38. The fraction of sp³-hybridized carbons (Fsp3) is 0.308. The Morgan fingerprint density at radius 3 is 2.40 bits per heavy atom. The number of amides is 2. The zero-order valence-electron chi connectivity index (χ0n) is 19.0. The van der Waals surface area contributed by atoms with Crippen LogP contribution in [-0.4, -0.2) is 45.9 Å². The van der Waals surface area contributed by atoms with Crippen molar-refractivity contribution < 1.29 is 24.2 Å². The minimum Gasteiger partial charge on any atom is -0.481 e. The molecule has 0 bridgehead atoms. The van der Waals surface area contributed by atoms with Gasteiger partial charge in [0.25, 0.3) is 5.91 Å². The van der Waals surface area contributed by atoms with Crippen molar-refractivity contribution in [3.63, 3.8) is 0 Å². The first-order valence-corrected chi connectivity index (χ1v) is 11.7. The van der Waals surface area contributed by atoms with E-state index in [0.717, 1.165) is 41.5 Å². The summed E-state index contributed by atoms with van der Waals surface area (Å²) in [5.74, 6) is -1.23. The summed E-state index contributed by atoms with van der Waals surface area (Å²) in [5, 5.41) is 21.1. The molecule has 0 aliphatic heterocycles. The van der Waals surface area contributed by atoms with Crippen LogP contribution in [-0.2, 0) is 9.53 Å². The molecule has 2 atom stereocenters. The summed E-state index contributed by atoms with van der Waals surface area (Å²) in [6, 6.07) is 17.4. The Labute approximate surface area is 201 Å². The molecule has 35 heavy (non-hydrogen) atoms. The van der Waals surface area contributed by atoms with Crippen molar-refractivity contribution >= 4 is 23.8 Å². The molecule has 2 aliphatic rings. The number of aromatic nitrogens is 2. The molecule has 1 heterocycles. The van der Waals surface area contributed by atoms with Gasteiger partial charge < -0.3 is 15.2 Å². The Hall–Kier alpha value is -4.14. The number of aliphatic carboxylic acids is 1. The number of nitrogens with one attached hydrogen (secondary N) is 3. The van der Waals surface area contributed by atoms with Crippen molar-refractivity contribution in [2.45, 2.75) is 37.6 Å². The number of H-pyrrole nitrogens is 1. The maximum Gasteiger partial charge on any atom is 0.412 e. The van der Waals surface area contributed by atoms with Crippen molar-refractivity contribution in [1.29, 1.82) is 0 Å². The topological polar surface area (TPSA) is 133 Å². The number of benzene rings is 2. The monoisotopic (exact) mass is 474 g/mol. The number of anilines is 1. The van der Waals surface area contributed by atoms with Crippen LogP contribution in [0.25, 0.3) is 11.1 Å². The first kappa shape index (κ1) is 22.6. The fourth-order valence-corrected chi connectivity index (χ4v) is 5.18. The summed E-state index contributed by atoms with van der Waals surface area (Å²) < 4.78 is 5.51. The SMILES string of the molecule is O=C(O)CC1CCCC1NC(=O)c1cc(NC(=O)OCC2c3ccccc3-c3ccccc32)n[nH]1. The predicted molar refractivity (Wildman–Crippen MR) is 128 cm³/mol. The minimum atomic E-state index is -0.868. The molecule has 1 fully saturated rings. The quantitative estimate of drug-likeness (QED) is 0.407. The summed E-state index contributed by atoms with van der Waals surface area (Å²) >= 11 is 0. The van der Waals surface area contributed by atoms with E-state index in [1.807, 2.05) is 36.4 Å². The summed E-state index contributed by atoms with van der Waals surface area (Å²) in [6.45, 7) is 0.171. The highest BCUT2D eigenvalue weighted by atomic mass is 16.5. The normalized spacial score (nSPS) is 18.5. The van der Waals surface area contributed by atoms with Crippen molar-refractivity contribution in [1.82, 2.24) is 15.5 Å². The average Bonchev–Trinajstić information content (AvgIpc) is 3.56. The van der Waals surface area contributed by atoms with Crippen LogP contribution in [0.4, 0.5) is 10.6 Å². The molecule has 180 valence electrons. The maximum absolute atomic E-state index is 12.6. The highest BCUT2D eigenvalue weighted by Crippen LogP contribution is 2.44. The molecule has 1 saturated carbocycles. The standard InChI is InChI=1S/C26H26N4O5/c31-24(32)12-15-6-5-11-21(15)27-25(33)22-13-23(30-29-22)28-26(34)35-14-20-18-9-3-1-7-16(18)17-8-2-4-10-19(17)20/h1-4,7-10,13,15,20-21H,5-6,11-12,14H2,(H,27,33)(H,31,32)(H2,28,29,30,34). The van der Waals surface area contributed by atoms with E-state index in [9.17, 15) is 14.4 Å². The largest absolute Gasteiger partial charge is 0.481 e. The molecule has 0 spiro atoms. The van der Waals surface area contributed by atoms with E-state index >= 15 is 0 Å². The van der Waals surface area contributed by atoms with Crippen molar-refractivity contribution in [2.75, 3.05) is 11.9 Å². The Bertz CT molecular complexity index is 1220. The lowest BCUT2D eigenvalue weighted by Gasteiger charge is -2.18. The van der Waals surface area contributed by atoms with E-state index in [1.165, 1.54) is 6.07 Å².